The van der Waals surface area contributed by atoms with Crippen molar-refractivity contribution >= 4 is 38.8 Å². The van der Waals surface area contributed by atoms with Crippen LogP contribution in [0, 0.1) is 0 Å². The first-order valence-corrected chi connectivity index (χ1v) is 10.9. The molecule has 32 heavy (non-hydrogen) atoms. The van der Waals surface area contributed by atoms with Gasteiger partial charge >= 0.3 is 0 Å². The largest absolute Gasteiger partial charge is 0.497 e. The average molecular weight is 446 g/mol. The Kier molecular flexibility index (Phi) is 6.94. The van der Waals surface area contributed by atoms with Gasteiger partial charge in [0.15, 0.2) is 5.13 Å². The van der Waals surface area contributed by atoms with Gasteiger partial charge in [0.25, 0.3) is 5.91 Å². The molecule has 0 aliphatic heterocycles. The van der Waals surface area contributed by atoms with Crippen LogP contribution in [-0.2, 0) is 6.42 Å². The lowest BCUT2D eigenvalue weighted by atomic mass is 10.1. The van der Waals surface area contributed by atoms with Crippen molar-refractivity contribution in [3.8, 4) is 5.75 Å². The molecule has 0 bridgehead atoms. The van der Waals surface area contributed by atoms with Crippen molar-refractivity contribution in [2.24, 2.45) is 0 Å². The number of nitrogens with one attached hydrogen (secondary N) is 3. The number of aromatic nitrogens is 2. The van der Waals surface area contributed by atoms with E-state index in [1.165, 1.54) is 16.9 Å². The van der Waals surface area contributed by atoms with E-state index >= 15 is 0 Å². The second-order valence-corrected chi connectivity index (χ2v) is 7.98. The normalized spacial score (nSPS) is 10.4. The summed E-state index contributed by atoms with van der Waals surface area (Å²) in [6.07, 6.45) is 6.14. The van der Waals surface area contributed by atoms with Gasteiger partial charge in [-0.15, -0.1) is 0 Å². The summed E-state index contributed by atoms with van der Waals surface area (Å²) in [5, 5.41) is 10.8. The van der Waals surface area contributed by atoms with E-state index in [1.54, 1.807) is 25.7 Å². The predicted molar refractivity (Wildman–Crippen MR) is 129 cm³/mol. The van der Waals surface area contributed by atoms with Gasteiger partial charge < -0.3 is 20.7 Å². The van der Waals surface area contributed by atoms with Gasteiger partial charge in [-0.3, -0.25) is 9.78 Å². The maximum Gasteiger partial charge on any atom is 0.256 e. The number of nitrogens with zero attached hydrogens (tertiary/aromatic N) is 2. The van der Waals surface area contributed by atoms with Crippen LogP contribution in [0.1, 0.15) is 15.9 Å². The number of carbonyl (C=O) groups excluding carboxylic acids is 1. The summed E-state index contributed by atoms with van der Waals surface area (Å²) >= 11 is 1.37. The van der Waals surface area contributed by atoms with Gasteiger partial charge in [-0.25, -0.2) is 4.98 Å². The second kappa shape index (κ2) is 10.4. The molecule has 0 atom stereocenters. The highest BCUT2D eigenvalue weighted by Gasteiger charge is 2.09. The number of carbonyl (C=O) groups is 1. The first-order valence-electron chi connectivity index (χ1n) is 10.1. The van der Waals surface area contributed by atoms with Crippen molar-refractivity contribution in [2.45, 2.75) is 6.42 Å². The van der Waals surface area contributed by atoms with E-state index < -0.39 is 0 Å². The van der Waals surface area contributed by atoms with E-state index in [-0.39, 0.29) is 5.91 Å². The van der Waals surface area contributed by atoms with Gasteiger partial charge in [-0.1, -0.05) is 11.3 Å². The third-order valence-electron chi connectivity index (χ3n) is 4.72. The van der Waals surface area contributed by atoms with E-state index in [9.17, 15) is 4.79 Å². The predicted octanol–water partition coefficient (Wildman–Crippen LogP) is 5.20. The van der Waals surface area contributed by atoms with Crippen LogP contribution in [0.25, 0.3) is 0 Å². The maximum absolute atomic E-state index is 12.6. The van der Waals surface area contributed by atoms with Crippen molar-refractivity contribution in [3.63, 3.8) is 0 Å². The summed E-state index contributed by atoms with van der Waals surface area (Å²) in [7, 11) is 1.63. The molecule has 2 aromatic carbocycles. The van der Waals surface area contributed by atoms with Crippen LogP contribution >= 0.6 is 11.3 Å². The Hall–Kier alpha value is -3.91. The number of thiazole rings is 1. The zero-order valence-corrected chi connectivity index (χ0v) is 18.4. The Balaban J connectivity index is 1.28. The van der Waals surface area contributed by atoms with Crippen molar-refractivity contribution < 1.29 is 9.53 Å². The van der Waals surface area contributed by atoms with Crippen LogP contribution in [0.5, 0.6) is 5.75 Å². The standard InChI is InChI=1S/C24H23N5O2S/c1-31-21-8-6-20(7-9-21)28-24-27-16-22(32-24)29-23(30)18-2-4-19(5-3-18)26-15-12-17-10-13-25-14-11-17/h2-11,13-14,16,26H,12,15H2,1H3,(H,27,28)(H,29,30). The molecule has 2 heterocycles. The summed E-state index contributed by atoms with van der Waals surface area (Å²) in [5.41, 5.74) is 3.68. The first-order chi connectivity index (χ1) is 15.7. The van der Waals surface area contributed by atoms with E-state index in [1.807, 2.05) is 60.7 Å². The van der Waals surface area contributed by atoms with Crippen molar-refractivity contribution in [2.75, 3.05) is 29.6 Å². The zero-order valence-electron chi connectivity index (χ0n) is 17.5. The maximum atomic E-state index is 12.6. The van der Waals surface area contributed by atoms with Crippen LogP contribution < -0.4 is 20.7 Å². The molecule has 2 aromatic heterocycles. The van der Waals surface area contributed by atoms with E-state index in [4.69, 9.17) is 4.74 Å². The van der Waals surface area contributed by atoms with Gasteiger partial charge in [0.2, 0.25) is 0 Å². The SMILES string of the molecule is COc1ccc(Nc2ncc(NC(=O)c3ccc(NCCc4ccncc4)cc3)s2)cc1. The number of benzene rings is 2. The molecule has 7 nitrogen and oxygen atoms in total. The van der Waals surface area contributed by atoms with Crippen LogP contribution in [0.4, 0.5) is 21.5 Å². The van der Waals surface area contributed by atoms with Crippen LogP contribution in [0.15, 0.2) is 79.3 Å². The third-order valence-corrected chi connectivity index (χ3v) is 5.55. The Bertz CT molecular complexity index is 1150. The van der Waals surface area contributed by atoms with Crippen LogP contribution in [-0.4, -0.2) is 29.5 Å². The Morgan fingerprint density at radius 3 is 2.41 bits per heavy atom. The quantitative estimate of drug-likeness (QED) is 0.328. The Morgan fingerprint density at radius 1 is 0.969 bits per heavy atom. The fourth-order valence-electron chi connectivity index (χ4n) is 3.01. The number of pyridine rings is 1. The Morgan fingerprint density at radius 2 is 1.69 bits per heavy atom. The van der Waals surface area contributed by atoms with Gasteiger partial charge in [-0.2, -0.15) is 0 Å². The highest BCUT2D eigenvalue weighted by molar-refractivity contribution is 7.19. The molecule has 4 aromatic rings. The average Bonchev–Trinajstić information content (AvgIpc) is 3.27. The zero-order chi connectivity index (χ0) is 22.2. The number of hydrogen-bond donors (Lipinski definition) is 3. The minimum Gasteiger partial charge on any atom is -0.497 e. The lowest BCUT2D eigenvalue weighted by Gasteiger charge is -2.08. The number of methoxy groups -OCH3 is 1. The van der Waals surface area contributed by atoms with Crippen molar-refractivity contribution in [3.05, 3.63) is 90.4 Å². The highest BCUT2D eigenvalue weighted by atomic mass is 32.1. The van der Waals surface area contributed by atoms with Crippen molar-refractivity contribution in [1.82, 2.24) is 9.97 Å². The van der Waals surface area contributed by atoms with Gasteiger partial charge in [0.05, 0.1) is 13.3 Å². The topological polar surface area (TPSA) is 88.2 Å². The van der Waals surface area contributed by atoms with E-state index in [0.29, 0.717) is 15.7 Å². The molecule has 0 aliphatic carbocycles. The Labute approximate surface area is 190 Å². The molecule has 3 N–H and O–H groups in total. The number of hydrogen-bond acceptors (Lipinski definition) is 7. The minimum atomic E-state index is -0.173. The molecular formula is C24H23N5O2S. The number of amides is 1. The molecule has 0 aliphatic rings. The molecule has 1 amide bonds. The first kappa shape index (κ1) is 21.3. The van der Waals surface area contributed by atoms with Crippen molar-refractivity contribution in [1.29, 1.82) is 0 Å². The van der Waals surface area contributed by atoms with Gasteiger partial charge in [0, 0.05) is 35.9 Å². The number of ether oxygens (including phenoxy) is 1. The molecule has 0 saturated carbocycles. The molecule has 0 radical (unpaired) electrons. The third kappa shape index (κ3) is 5.83. The summed E-state index contributed by atoms with van der Waals surface area (Å²) in [6, 6.07) is 19.0. The summed E-state index contributed by atoms with van der Waals surface area (Å²) in [6.45, 7) is 0.806. The lowest BCUT2D eigenvalue weighted by molar-refractivity contribution is 0.102. The van der Waals surface area contributed by atoms with Gasteiger partial charge in [0.1, 0.15) is 10.8 Å². The molecule has 8 heteroatoms. The smallest absolute Gasteiger partial charge is 0.256 e. The molecule has 4 rings (SSSR count). The fraction of sp³-hybridized carbons (Fsp3) is 0.125. The molecule has 0 spiro atoms. The van der Waals surface area contributed by atoms with Crippen LogP contribution in [0.3, 0.4) is 0 Å². The summed E-state index contributed by atoms with van der Waals surface area (Å²) in [4.78, 5) is 20.9. The summed E-state index contributed by atoms with van der Waals surface area (Å²) < 4.78 is 5.16. The monoisotopic (exact) mass is 445 g/mol. The molecule has 0 fully saturated rings. The van der Waals surface area contributed by atoms with E-state index in [0.717, 1.165) is 30.1 Å². The second-order valence-electron chi connectivity index (χ2n) is 6.95. The van der Waals surface area contributed by atoms with E-state index in [2.05, 4.69) is 25.9 Å². The highest BCUT2D eigenvalue weighted by Crippen LogP contribution is 2.27. The summed E-state index contributed by atoms with van der Waals surface area (Å²) in [5.74, 6) is 0.616. The molecule has 162 valence electrons. The fourth-order valence-corrected chi connectivity index (χ4v) is 3.74. The number of anilines is 4. The molecule has 0 saturated heterocycles. The van der Waals surface area contributed by atoms with Gasteiger partial charge in [-0.05, 0) is 72.6 Å². The lowest BCUT2D eigenvalue weighted by Crippen LogP contribution is -2.11. The van der Waals surface area contributed by atoms with Crippen LogP contribution in [0.2, 0.25) is 0 Å². The molecule has 0 unspecified atom stereocenters. The minimum absolute atomic E-state index is 0.173. The molecular weight excluding hydrogens is 422 g/mol. The number of rotatable bonds is 9.